The van der Waals surface area contributed by atoms with E-state index in [1.54, 1.807) is 43.3 Å². The topological polar surface area (TPSA) is 104 Å². The number of fused-ring (bicyclic) bond motifs is 4. The minimum absolute atomic E-state index is 0.111. The highest BCUT2D eigenvalue weighted by Crippen LogP contribution is 2.65. The van der Waals surface area contributed by atoms with Gasteiger partial charge in [0.15, 0.2) is 0 Å². The molecular formula is C34H27Cl2FN2O6. The van der Waals surface area contributed by atoms with E-state index >= 15 is 0 Å². The molecular weight excluding hydrogens is 622 g/mol. The zero-order valence-electron chi connectivity index (χ0n) is 24.2. The second-order valence-corrected chi connectivity index (χ2v) is 13.0. The van der Waals surface area contributed by atoms with Gasteiger partial charge in [0.25, 0.3) is 0 Å². The Bertz CT molecular complexity index is 1840. The number of methoxy groups -OCH3 is 1. The summed E-state index contributed by atoms with van der Waals surface area (Å²) in [5.41, 5.74) is 0.0884. The predicted octanol–water partition coefficient (Wildman–Crippen LogP) is 6.28. The molecule has 1 saturated carbocycles. The summed E-state index contributed by atoms with van der Waals surface area (Å²) in [5, 5.41) is 11.5. The summed E-state index contributed by atoms with van der Waals surface area (Å²) in [6.07, 6.45) is 2.23. The number of halogens is 3. The number of anilines is 2. The normalized spacial score (nSPS) is 29.0. The van der Waals surface area contributed by atoms with Crippen molar-refractivity contribution in [3.8, 4) is 11.5 Å². The van der Waals surface area contributed by atoms with Gasteiger partial charge in [-0.25, -0.2) is 9.29 Å². The van der Waals surface area contributed by atoms with E-state index in [0.29, 0.717) is 27.6 Å². The molecule has 2 saturated heterocycles. The van der Waals surface area contributed by atoms with Crippen molar-refractivity contribution in [1.29, 1.82) is 0 Å². The van der Waals surface area contributed by atoms with Gasteiger partial charge in [-0.1, -0.05) is 40.9 Å². The number of aromatic hydroxyl groups is 1. The number of imide groups is 2. The molecule has 3 aromatic carbocycles. The standard InChI is InChI=1S/C34H27Cl2FN2O6/c1-34-22(31(42)39(33(34)44)18-10-13-24(37)23(36)14-18)15-21-19(29(34)28-25(40)4-3-5-26(28)45-2)11-12-20-27(21)32(43)38(30(20)41)17-8-6-16(35)7-9-17/h3-11,13-14,20-22,27,29,40H,12,15H2,1-2H3. The van der Waals surface area contributed by atoms with Crippen molar-refractivity contribution in [3.63, 3.8) is 0 Å². The summed E-state index contributed by atoms with van der Waals surface area (Å²) in [6.45, 7) is 1.68. The molecule has 2 aliphatic heterocycles. The minimum atomic E-state index is -1.43. The highest BCUT2D eigenvalue weighted by atomic mass is 35.5. The van der Waals surface area contributed by atoms with E-state index < -0.39 is 58.5 Å². The second-order valence-electron chi connectivity index (χ2n) is 12.1. The van der Waals surface area contributed by atoms with Crippen molar-refractivity contribution in [1.82, 2.24) is 0 Å². The van der Waals surface area contributed by atoms with Crippen LogP contribution in [0.3, 0.4) is 0 Å². The van der Waals surface area contributed by atoms with Crippen LogP contribution in [-0.2, 0) is 19.2 Å². The molecule has 3 aromatic rings. The minimum Gasteiger partial charge on any atom is -0.508 e. The predicted molar refractivity (Wildman–Crippen MR) is 165 cm³/mol. The lowest BCUT2D eigenvalue weighted by Gasteiger charge is -2.49. The van der Waals surface area contributed by atoms with E-state index in [4.69, 9.17) is 27.9 Å². The SMILES string of the molecule is COc1cccc(O)c1C1C2=CCC3C(=O)N(c4ccc(Cl)cc4)C(=O)C3C2CC2C(=O)N(c3ccc(F)c(Cl)c3)C(=O)C21C. The van der Waals surface area contributed by atoms with E-state index in [0.717, 1.165) is 11.0 Å². The van der Waals surface area contributed by atoms with Crippen LogP contribution in [0.1, 0.15) is 31.2 Å². The van der Waals surface area contributed by atoms with Gasteiger partial charge in [0, 0.05) is 16.5 Å². The van der Waals surface area contributed by atoms with Gasteiger partial charge in [0.05, 0.1) is 46.7 Å². The van der Waals surface area contributed by atoms with Gasteiger partial charge in [0.1, 0.15) is 17.3 Å². The third-order valence-electron chi connectivity index (χ3n) is 10.1. The number of nitrogens with zero attached hydrogens (tertiary/aromatic N) is 2. The molecule has 6 atom stereocenters. The van der Waals surface area contributed by atoms with Gasteiger partial charge in [-0.15, -0.1) is 0 Å². The highest BCUT2D eigenvalue weighted by molar-refractivity contribution is 6.32. The van der Waals surface area contributed by atoms with Crippen LogP contribution in [0.25, 0.3) is 0 Å². The van der Waals surface area contributed by atoms with Crippen molar-refractivity contribution in [2.24, 2.45) is 29.1 Å². The summed E-state index contributed by atoms with van der Waals surface area (Å²) in [4.78, 5) is 58.9. The first-order valence-corrected chi connectivity index (χ1v) is 15.3. The Balaban J connectivity index is 1.40. The summed E-state index contributed by atoms with van der Waals surface area (Å²) < 4.78 is 19.8. The first-order chi connectivity index (χ1) is 21.5. The Hall–Kier alpha value is -4.21. The van der Waals surface area contributed by atoms with Crippen LogP contribution in [0.4, 0.5) is 15.8 Å². The maximum atomic E-state index is 14.5. The molecule has 11 heteroatoms. The number of hydrogen-bond donors (Lipinski definition) is 1. The monoisotopic (exact) mass is 648 g/mol. The third kappa shape index (κ3) is 4.10. The molecule has 2 heterocycles. The average Bonchev–Trinajstić information content (AvgIpc) is 3.39. The number of phenols is 1. The lowest BCUT2D eigenvalue weighted by molar-refractivity contribution is -0.131. The van der Waals surface area contributed by atoms with Gasteiger partial charge in [-0.05, 0) is 80.3 Å². The molecule has 0 radical (unpaired) electrons. The molecule has 45 heavy (non-hydrogen) atoms. The van der Waals surface area contributed by atoms with Gasteiger partial charge in [0.2, 0.25) is 23.6 Å². The van der Waals surface area contributed by atoms with Crippen molar-refractivity contribution in [2.45, 2.75) is 25.7 Å². The zero-order valence-corrected chi connectivity index (χ0v) is 25.7. The maximum Gasteiger partial charge on any atom is 0.241 e. The summed E-state index contributed by atoms with van der Waals surface area (Å²) in [7, 11) is 1.45. The summed E-state index contributed by atoms with van der Waals surface area (Å²) in [6, 6.07) is 14.8. The van der Waals surface area contributed by atoms with Crippen molar-refractivity contribution < 1.29 is 33.4 Å². The van der Waals surface area contributed by atoms with Gasteiger partial charge < -0.3 is 9.84 Å². The Labute approximate surface area is 268 Å². The van der Waals surface area contributed by atoms with E-state index in [1.807, 2.05) is 6.08 Å². The molecule has 1 N–H and O–H groups in total. The Kier molecular flexibility index (Phi) is 6.83. The number of hydrogen-bond acceptors (Lipinski definition) is 6. The van der Waals surface area contributed by atoms with E-state index in [9.17, 15) is 28.7 Å². The molecule has 4 amide bonds. The van der Waals surface area contributed by atoms with Crippen LogP contribution in [-0.4, -0.2) is 35.8 Å². The number of amides is 4. The van der Waals surface area contributed by atoms with Gasteiger partial charge in [-0.2, -0.15) is 0 Å². The van der Waals surface area contributed by atoms with Crippen molar-refractivity contribution in [2.75, 3.05) is 16.9 Å². The quantitative estimate of drug-likeness (QED) is 0.264. The largest absolute Gasteiger partial charge is 0.508 e. The van der Waals surface area contributed by atoms with E-state index in [2.05, 4.69) is 0 Å². The highest BCUT2D eigenvalue weighted by Gasteiger charge is 2.68. The first kappa shape index (κ1) is 29.5. The lowest BCUT2D eigenvalue weighted by atomic mass is 9.51. The smallest absolute Gasteiger partial charge is 0.241 e. The van der Waals surface area contributed by atoms with Crippen LogP contribution in [0, 0.1) is 34.9 Å². The molecule has 7 rings (SSSR count). The van der Waals surface area contributed by atoms with Gasteiger partial charge in [-0.3, -0.25) is 24.1 Å². The van der Waals surface area contributed by atoms with E-state index in [-0.39, 0.29) is 35.2 Å². The van der Waals surface area contributed by atoms with Crippen LogP contribution in [0.15, 0.2) is 72.3 Å². The van der Waals surface area contributed by atoms with Crippen LogP contribution >= 0.6 is 23.2 Å². The lowest BCUT2D eigenvalue weighted by Crippen LogP contribution is -2.49. The molecule has 230 valence electrons. The van der Waals surface area contributed by atoms with Crippen LogP contribution in [0.5, 0.6) is 11.5 Å². The summed E-state index contributed by atoms with van der Waals surface area (Å²) >= 11 is 12.1. The Morgan fingerprint density at radius 2 is 1.62 bits per heavy atom. The van der Waals surface area contributed by atoms with E-state index in [1.165, 1.54) is 30.2 Å². The maximum absolute atomic E-state index is 14.5. The molecule has 0 aromatic heterocycles. The molecule has 0 bridgehead atoms. The van der Waals surface area contributed by atoms with Crippen LogP contribution < -0.4 is 14.5 Å². The molecule has 3 fully saturated rings. The molecule has 4 aliphatic rings. The van der Waals surface area contributed by atoms with Crippen molar-refractivity contribution >= 4 is 58.2 Å². The molecule has 2 aliphatic carbocycles. The summed E-state index contributed by atoms with van der Waals surface area (Å²) in [5.74, 6) is -6.24. The van der Waals surface area contributed by atoms with Gasteiger partial charge >= 0.3 is 0 Å². The molecule has 8 nitrogen and oxygen atoms in total. The number of carbonyl (C=O) groups is 4. The number of ether oxygens (including phenoxy) is 1. The number of allylic oxidation sites excluding steroid dienone is 2. The number of rotatable bonds is 4. The fourth-order valence-corrected chi connectivity index (χ4v) is 8.34. The fraction of sp³-hybridized carbons (Fsp3) is 0.294. The fourth-order valence-electron chi connectivity index (χ4n) is 8.04. The van der Waals surface area contributed by atoms with Crippen molar-refractivity contribution in [3.05, 3.63) is 93.7 Å². The Morgan fingerprint density at radius 3 is 2.31 bits per heavy atom. The van der Waals surface area contributed by atoms with Crippen LogP contribution in [0.2, 0.25) is 10.0 Å². The third-order valence-corrected chi connectivity index (χ3v) is 10.6. The number of phenolic OH excluding ortho intramolecular Hbond substituents is 1. The molecule has 6 unspecified atom stereocenters. The second kappa shape index (κ2) is 10.4. The first-order valence-electron chi connectivity index (χ1n) is 14.5. The average molecular weight is 650 g/mol. The molecule has 0 spiro atoms. The number of benzene rings is 3. The number of carbonyl (C=O) groups excluding carboxylic acids is 4. The Morgan fingerprint density at radius 1 is 0.911 bits per heavy atom. The zero-order chi connectivity index (χ0) is 31.9.